The third-order valence-electron chi connectivity index (χ3n) is 3.37. The number of benzene rings is 2. The van der Waals surface area contributed by atoms with Crippen molar-refractivity contribution in [3.8, 4) is 0 Å². The molecule has 7 heteroatoms. The smallest absolute Gasteiger partial charge is 0.200 e. The van der Waals surface area contributed by atoms with Gasteiger partial charge in [0.05, 0.1) is 16.1 Å². The van der Waals surface area contributed by atoms with Gasteiger partial charge in [-0.3, -0.25) is 0 Å². The summed E-state index contributed by atoms with van der Waals surface area (Å²) in [5.74, 6) is 0. The summed E-state index contributed by atoms with van der Waals surface area (Å²) in [5.41, 5.74) is 1.57. The second-order valence-corrected chi connectivity index (χ2v) is 8.80. The first-order chi connectivity index (χ1) is 11.1. The van der Waals surface area contributed by atoms with E-state index in [1.165, 1.54) is 6.21 Å². The molecule has 1 N–H and O–H groups in total. The molecule has 0 spiro atoms. The van der Waals surface area contributed by atoms with E-state index in [2.05, 4.69) is 30.7 Å². The van der Waals surface area contributed by atoms with E-state index < -0.39 is 10.0 Å². The van der Waals surface area contributed by atoms with Gasteiger partial charge in [-0.2, -0.15) is 13.5 Å². The molecule has 0 radical (unpaired) electrons. The molecule has 0 aliphatic rings. The first-order valence-electron chi connectivity index (χ1n) is 7.20. The summed E-state index contributed by atoms with van der Waals surface area (Å²) in [5, 5.41) is 4.65. The average Bonchev–Trinajstić information content (AvgIpc) is 2.49. The van der Waals surface area contributed by atoms with Crippen LogP contribution in [0.3, 0.4) is 0 Å². The van der Waals surface area contributed by atoms with Crippen LogP contribution >= 0.6 is 23.2 Å². The van der Waals surface area contributed by atoms with Crippen molar-refractivity contribution >= 4 is 39.4 Å². The monoisotopic (exact) mass is 384 g/mol. The minimum atomic E-state index is -3.73. The Labute approximate surface area is 152 Å². The number of nitrogens with one attached hydrogen (secondary N) is 1. The van der Waals surface area contributed by atoms with Crippen molar-refractivity contribution in [2.75, 3.05) is 0 Å². The zero-order valence-electron chi connectivity index (χ0n) is 13.5. The zero-order valence-corrected chi connectivity index (χ0v) is 15.9. The molecule has 2 aromatic carbocycles. The number of halogens is 2. The average molecular weight is 385 g/mol. The summed E-state index contributed by atoms with van der Waals surface area (Å²) in [6.45, 7) is 6.19. The number of hydrogen-bond acceptors (Lipinski definition) is 3. The highest BCUT2D eigenvalue weighted by molar-refractivity contribution is 7.89. The van der Waals surface area contributed by atoms with Gasteiger partial charge in [-0.05, 0) is 35.2 Å². The Kier molecular flexibility index (Phi) is 5.58. The molecule has 0 aliphatic carbocycles. The normalized spacial score (nSPS) is 12.5. The Morgan fingerprint density at radius 1 is 1.04 bits per heavy atom. The summed E-state index contributed by atoms with van der Waals surface area (Å²) in [4.78, 5) is 2.32. The van der Waals surface area contributed by atoms with Crippen LogP contribution in [0.2, 0.25) is 10.0 Å². The molecule has 0 fully saturated rings. The van der Waals surface area contributed by atoms with E-state index in [1.807, 2.05) is 0 Å². The lowest BCUT2D eigenvalue weighted by Gasteiger charge is -2.19. The van der Waals surface area contributed by atoms with Crippen molar-refractivity contribution in [2.45, 2.75) is 31.1 Å². The van der Waals surface area contributed by atoms with Crippen molar-refractivity contribution in [3.05, 3.63) is 63.6 Å². The number of sulfonamides is 1. The second-order valence-electron chi connectivity index (χ2n) is 6.29. The molecule has 24 heavy (non-hydrogen) atoms. The van der Waals surface area contributed by atoms with Crippen LogP contribution in [-0.4, -0.2) is 14.6 Å². The minimum absolute atomic E-state index is 0.0425. The van der Waals surface area contributed by atoms with E-state index in [0.717, 1.165) is 5.56 Å². The molecule has 128 valence electrons. The van der Waals surface area contributed by atoms with Gasteiger partial charge < -0.3 is 0 Å². The highest BCUT2D eigenvalue weighted by atomic mass is 35.5. The molecule has 0 aromatic heterocycles. The van der Waals surface area contributed by atoms with Gasteiger partial charge in [-0.1, -0.05) is 62.2 Å². The number of nitrogens with zero attached hydrogens (tertiary/aromatic N) is 1. The topological polar surface area (TPSA) is 58.5 Å². The molecule has 0 saturated carbocycles. The summed E-state index contributed by atoms with van der Waals surface area (Å²) >= 11 is 11.8. The Morgan fingerprint density at radius 2 is 1.67 bits per heavy atom. The fourth-order valence-corrected chi connectivity index (χ4v) is 3.21. The Bertz CT molecular complexity index is 855. The van der Waals surface area contributed by atoms with Crippen LogP contribution in [0, 0.1) is 0 Å². The van der Waals surface area contributed by atoms with Crippen LogP contribution in [0.5, 0.6) is 0 Å². The molecule has 0 bridgehead atoms. The molecular formula is C17H18Cl2N2O2S. The predicted molar refractivity (Wildman–Crippen MR) is 99.5 cm³/mol. The SMILES string of the molecule is CC(C)(C)c1ccc(S(=O)(=O)N/N=C/c2ccc(Cl)cc2Cl)cc1. The third-order valence-corrected chi connectivity index (χ3v) is 5.17. The van der Waals surface area contributed by atoms with Crippen molar-refractivity contribution in [3.63, 3.8) is 0 Å². The predicted octanol–water partition coefficient (Wildman–Crippen LogP) is 4.60. The van der Waals surface area contributed by atoms with Gasteiger partial charge in [-0.15, -0.1) is 0 Å². The highest BCUT2D eigenvalue weighted by Crippen LogP contribution is 2.23. The number of rotatable bonds is 4. The van der Waals surface area contributed by atoms with Crippen LogP contribution in [-0.2, 0) is 15.4 Å². The van der Waals surface area contributed by atoms with Crippen molar-refractivity contribution < 1.29 is 8.42 Å². The first-order valence-corrected chi connectivity index (χ1v) is 9.44. The Hall–Kier alpha value is -1.56. The molecule has 0 saturated heterocycles. The second kappa shape index (κ2) is 7.13. The molecule has 0 amide bonds. The summed E-state index contributed by atoms with van der Waals surface area (Å²) < 4.78 is 24.5. The highest BCUT2D eigenvalue weighted by Gasteiger charge is 2.17. The van der Waals surface area contributed by atoms with Gasteiger partial charge in [0, 0.05) is 10.6 Å². The lowest BCUT2D eigenvalue weighted by molar-refractivity contribution is 0.580. The van der Waals surface area contributed by atoms with Crippen LogP contribution in [0.15, 0.2) is 52.5 Å². The van der Waals surface area contributed by atoms with E-state index in [1.54, 1.807) is 42.5 Å². The summed E-state index contributed by atoms with van der Waals surface area (Å²) in [6, 6.07) is 11.6. The van der Waals surface area contributed by atoms with Crippen LogP contribution in [0.4, 0.5) is 0 Å². The maximum atomic E-state index is 12.2. The first kappa shape index (κ1) is 18.8. The molecule has 2 rings (SSSR count). The third kappa shape index (κ3) is 4.72. The Morgan fingerprint density at radius 3 is 2.21 bits per heavy atom. The fraction of sp³-hybridized carbons (Fsp3) is 0.235. The van der Waals surface area contributed by atoms with Crippen LogP contribution in [0.25, 0.3) is 0 Å². The van der Waals surface area contributed by atoms with Crippen LogP contribution < -0.4 is 4.83 Å². The fourth-order valence-electron chi connectivity index (χ4n) is 1.96. The molecule has 0 aliphatic heterocycles. The molecule has 0 unspecified atom stereocenters. The van der Waals surface area contributed by atoms with Crippen molar-refractivity contribution in [2.24, 2.45) is 5.10 Å². The summed E-state index contributed by atoms with van der Waals surface area (Å²) in [7, 11) is -3.73. The van der Waals surface area contributed by atoms with Gasteiger partial charge in [0.15, 0.2) is 0 Å². The lowest BCUT2D eigenvalue weighted by atomic mass is 9.87. The van der Waals surface area contributed by atoms with E-state index in [-0.39, 0.29) is 10.3 Å². The molecular weight excluding hydrogens is 367 g/mol. The van der Waals surface area contributed by atoms with Crippen molar-refractivity contribution in [1.82, 2.24) is 4.83 Å². The zero-order chi connectivity index (χ0) is 18.0. The van der Waals surface area contributed by atoms with E-state index in [4.69, 9.17) is 23.2 Å². The van der Waals surface area contributed by atoms with E-state index in [9.17, 15) is 8.42 Å². The number of hydrogen-bond donors (Lipinski definition) is 1. The Balaban J connectivity index is 2.15. The van der Waals surface area contributed by atoms with Gasteiger partial charge in [0.25, 0.3) is 10.0 Å². The summed E-state index contributed by atoms with van der Waals surface area (Å²) in [6.07, 6.45) is 1.33. The number of hydrazone groups is 1. The minimum Gasteiger partial charge on any atom is -0.200 e. The van der Waals surface area contributed by atoms with E-state index in [0.29, 0.717) is 15.6 Å². The largest absolute Gasteiger partial charge is 0.276 e. The molecule has 4 nitrogen and oxygen atoms in total. The van der Waals surface area contributed by atoms with E-state index >= 15 is 0 Å². The van der Waals surface area contributed by atoms with Crippen molar-refractivity contribution in [1.29, 1.82) is 0 Å². The van der Waals surface area contributed by atoms with Gasteiger partial charge in [0.1, 0.15) is 0 Å². The van der Waals surface area contributed by atoms with Gasteiger partial charge in [-0.25, -0.2) is 4.83 Å². The lowest BCUT2D eigenvalue weighted by Crippen LogP contribution is -2.19. The maximum Gasteiger partial charge on any atom is 0.276 e. The molecule has 2 aromatic rings. The van der Waals surface area contributed by atoms with Crippen LogP contribution in [0.1, 0.15) is 31.9 Å². The van der Waals surface area contributed by atoms with Gasteiger partial charge in [0.2, 0.25) is 0 Å². The van der Waals surface area contributed by atoms with Gasteiger partial charge >= 0.3 is 0 Å². The molecule has 0 atom stereocenters. The molecule has 0 heterocycles. The quantitative estimate of drug-likeness (QED) is 0.618. The maximum absolute atomic E-state index is 12.2. The standard InChI is InChI=1S/C17H18Cl2N2O2S/c1-17(2,3)13-5-8-15(9-6-13)24(22,23)21-20-11-12-4-7-14(18)10-16(12)19/h4-11,21H,1-3H3/b20-11+.